The standard InChI is InChI=1S/C7H14S2/c1-5-6(2)9-7(3,4)8-5/h5-6H,1-4H3. The summed E-state index contributed by atoms with van der Waals surface area (Å²) >= 11 is 4.19. The molecule has 0 aromatic carbocycles. The van der Waals surface area contributed by atoms with Gasteiger partial charge in [-0.05, 0) is 13.8 Å². The lowest BCUT2D eigenvalue weighted by Gasteiger charge is -2.13. The Morgan fingerprint density at radius 3 is 1.44 bits per heavy atom. The first kappa shape index (κ1) is 7.80. The second kappa shape index (κ2) is 2.39. The van der Waals surface area contributed by atoms with Gasteiger partial charge in [0.25, 0.3) is 0 Å². The molecule has 1 aliphatic heterocycles. The molecule has 54 valence electrons. The van der Waals surface area contributed by atoms with E-state index >= 15 is 0 Å². The molecule has 0 radical (unpaired) electrons. The van der Waals surface area contributed by atoms with Crippen molar-refractivity contribution in [2.75, 3.05) is 0 Å². The zero-order valence-corrected chi connectivity index (χ0v) is 8.10. The Bertz CT molecular complexity index is 97.5. The van der Waals surface area contributed by atoms with E-state index in [-0.39, 0.29) is 0 Å². The van der Waals surface area contributed by atoms with Crippen LogP contribution in [-0.2, 0) is 0 Å². The van der Waals surface area contributed by atoms with E-state index in [2.05, 4.69) is 51.2 Å². The summed E-state index contributed by atoms with van der Waals surface area (Å²) in [5.74, 6) is 0. The van der Waals surface area contributed by atoms with E-state index in [0.29, 0.717) is 4.08 Å². The van der Waals surface area contributed by atoms with Gasteiger partial charge in [-0.25, -0.2) is 0 Å². The molecule has 0 nitrogen and oxygen atoms in total. The van der Waals surface area contributed by atoms with Crippen LogP contribution in [0.4, 0.5) is 0 Å². The van der Waals surface area contributed by atoms with Crippen LogP contribution in [0.3, 0.4) is 0 Å². The topological polar surface area (TPSA) is 0 Å². The molecule has 1 fully saturated rings. The normalized spacial score (nSPS) is 41.3. The van der Waals surface area contributed by atoms with Gasteiger partial charge < -0.3 is 0 Å². The van der Waals surface area contributed by atoms with Crippen LogP contribution in [0.25, 0.3) is 0 Å². The second-order valence-electron chi connectivity index (χ2n) is 3.05. The van der Waals surface area contributed by atoms with Gasteiger partial charge in [0.1, 0.15) is 0 Å². The molecule has 1 rings (SSSR count). The summed E-state index contributed by atoms with van der Waals surface area (Å²) in [6, 6.07) is 0. The predicted octanol–water partition coefficient (Wildman–Crippen LogP) is 2.98. The van der Waals surface area contributed by atoms with Crippen LogP contribution in [0.5, 0.6) is 0 Å². The van der Waals surface area contributed by atoms with E-state index in [1.54, 1.807) is 0 Å². The summed E-state index contributed by atoms with van der Waals surface area (Å²) in [5, 5.41) is 1.68. The molecule has 0 N–H and O–H groups in total. The quantitative estimate of drug-likeness (QED) is 0.537. The van der Waals surface area contributed by atoms with Gasteiger partial charge >= 0.3 is 0 Å². The van der Waals surface area contributed by atoms with E-state index in [4.69, 9.17) is 0 Å². The lowest BCUT2D eigenvalue weighted by molar-refractivity contribution is 0.941. The summed E-state index contributed by atoms with van der Waals surface area (Å²) in [7, 11) is 0. The molecule has 0 amide bonds. The Morgan fingerprint density at radius 1 is 1.00 bits per heavy atom. The second-order valence-corrected chi connectivity index (χ2v) is 7.30. The van der Waals surface area contributed by atoms with Crippen LogP contribution >= 0.6 is 23.5 Å². The predicted molar refractivity (Wildman–Crippen MR) is 48.2 cm³/mol. The monoisotopic (exact) mass is 162 g/mol. The Labute approximate surface area is 66.2 Å². The highest BCUT2D eigenvalue weighted by atomic mass is 32.2. The summed E-state index contributed by atoms with van der Waals surface area (Å²) in [5.41, 5.74) is 0. The van der Waals surface area contributed by atoms with E-state index in [0.717, 1.165) is 10.5 Å². The Morgan fingerprint density at radius 2 is 1.33 bits per heavy atom. The number of hydrogen-bond donors (Lipinski definition) is 0. The van der Waals surface area contributed by atoms with Crippen LogP contribution in [0.1, 0.15) is 27.7 Å². The average molecular weight is 162 g/mol. The molecule has 0 aromatic rings. The average Bonchev–Trinajstić information content (AvgIpc) is 1.79. The van der Waals surface area contributed by atoms with Gasteiger partial charge in [-0.15, -0.1) is 23.5 Å². The van der Waals surface area contributed by atoms with Crippen molar-refractivity contribution in [3.05, 3.63) is 0 Å². The number of rotatable bonds is 0. The van der Waals surface area contributed by atoms with Crippen LogP contribution in [0, 0.1) is 0 Å². The third kappa shape index (κ3) is 1.81. The largest absolute Gasteiger partial charge is 0.141 e. The van der Waals surface area contributed by atoms with Crippen LogP contribution in [0.15, 0.2) is 0 Å². The molecule has 0 saturated carbocycles. The molecule has 2 heteroatoms. The van der Waals surface area contributed by atoms with Crippen molar-refractivity contribution >= 4 is 23.5 Å². The maximum absolute atomic E-state index is 2.32. The van der Waals surface area contributed by atoms with E-state index in [1.165, 1.54) is 0 Å². The minimum atomic E-state index is 0.471. The SMILES string of the molecule is CC1SC(C)(C)SC1C. The third-order valence-corrected chi connectivity index (χ3v) is 5.05. The van der Waals surface area contributed by atoms with E-state index in [1.807, 2.05) is 0 Å². The van der Waals surface area contributed by atoms with Gasteiger partial charge in [0.15, 0.2) is 0 Å². The van der Waals surface area contributed by atoms with Crippen molar-refractivity contribution in [2.45, 2.75) is 42.3 Å². The molecule has 1 aliphatic rings. The lowest BCUT2D eigenvalue weighted by Crippen LogP contribution is -2.04. The van der Waals surface area contributed by atoms with E-state index in [9.17, 15) is 0 Å². The highest BCUT2D eigenvalue weighted by Gasteiger charge is 2.35. The number of hydrogen-bond acceptors (Lipinski definition) is 2. The first-order valence-electron chi connectivity index (χ1n) is 3.37. The molecule has 2 atom stereocenters. The fourth-order valence-corrected chi connectivity index (χ4v) is 4.75. The Balaban J connectivity index is 2.54. The zero-order valence-electron chi connectivity index (χ0n) is 6.47. The molecule has 0 spiro atoms. The molecule has 1 heterocycles. The van der Waals surface area contributed by atoms with Gasteiger partial charge in [0.05, 0.1) is 4.08 Å². The van der Waals surface area contributed by atoms with Crippen molar-refractivity contribution < 1.29 is 0 Å². The number of thioether (sulfide) groups is 2. The van der Waals surface area contributed by atoms with Gasteiger partial charge in [0.2, 0.25) is 0 Å². The first-order valence-corrected chi connectivity index (χ1v) is 5.13. The summed E-state index contributed by atoms with van der Waals surface area (Å²) in [4.78, 5) is 0. The summed E-state index contributed by atoms with van der Waals surface area (Å²) < 4.78 is 0.471. The lowest BCUT2D eigenvalue weighted by atomic mass is 10.4. The molecule has 1 saturated heterocycles. The minimum absolute atomic E-state index is 0.471. The maximum Gasteiger partial charge on any atom is 0.0561 e. The fourth-order valence-electron chi connectivity index (χ4n) is 1.11. The Hall–Kier alpha value is 0.700. The Kier molecular flexibility index (Phi) is 2.07. The smallest absolute Gasteiger partial charge is 0.0561 e. The molecule has 9 heavy (non-hydrogen) atoms. The molecule has 0 aliphatic carbocycles. The van der Waals surface area contributed by atoms with Crippen molar-refractivity contribution in [3.8, 4) is 0 Å². The fraction of sp³-hybridized carbons (Fsp3) is 1.00. The minimum Gasteiger partial charge on any atom is -0.141 e. The van der Waals surface area contributed by atoms with E-state index < -0.39 is 0 Å². The van der Waals surface area contributed by atoms with Crippen LogP contribution in [0.2, 0.25) is 0 Å². The molecule has 0 bridgehead atoms. The highest BCUT2D eigenvalue weighted by Crippen LogP contribution is 2.51. The van der Waals surface area contributed by atoms with Crippen LogP contribution < -0.4 is 0 Å². The van der Waals surface area contributed by atoms with Crippen molar-refractivity contribution in [1.29, 1.82) is 0 Å². The van der Waals surface area contributed by atoms with Crippen molar-refractivity contribution in [3.63, 3.8) is 0 Å². The molecular weight excluding hydrogens is 148 g/mol. The van der Waals surface area contributed by atoms with Gasteiger partial charge in [-0.2, -0.15) is 0 Å². The summed E-state index contributed by atoms with van der Waals surface area (Å²) in [6.07, 6.45) is 0. The van der Waals surface area contributed by atoms with Gasteiger partial charge in [0, 0.05) is 10.5 Å². The zero-order chi connectivity index (χ0) is 7.07. The molecular formula is C7H14S2. The third-order valence-electron chi connectivity index (χ3n) is 1.60. The van der Waals surface area contributed by atoms with Gasteiger partial charge in [-0.3, -0.25) is 0 Å². The first-order chi connectivity index (χ1) is 4.01. The molecule has 2 unspecified atom stereocenters. The maximum atomic E-state index is 2.32. The van der Waals surface area contributed by atoms with Crippen molar-refractivity contribution in [2.24, 2.45) is 0 Å². The van der Waals surface area contributed by atoms with Crippen molar-refractivity contribution in [1.82, 2.24) is 0 Å². The highest BCUT2D eigenvalue weighted by molar-refractivity contribution is 8.21. The van der Waals surface area contributed by atoms with Gasteiger partial charge in [-0.1, -0.05) is 13.8 Å². The van der Waals surface area contributed by atoms with Crippen LogP contribution in [-0.4, -0.2) is 14.6 Å². The summed E-state index contributed by atoms with van der Waals surface area (Å²) in [6.45, 7) is 9.25. The molecule has 0 aromatic heterocycles.